The minimum atomic E-state index is -1.72. The summed E-state index contributed by atoms with van der Waals surface area (Å²) in [6.45, 7) is 0. The maximum atomic E-state index is 13.4. The van der Waals surface area contributed by atoms with Crippen molar-refractivity contribution in [3.05, 3.63) is 120 Å². The van der Waals surface area contributed by atoms with Crippen LogP contribution in [-0.4, -0.2) is 17.2 Å². The van der Waals surface area contributed by atoms with Gasteiger partial charge in [-0.1, -0.05) is 43.8 Å². The van der Waals surface area contributed by atoms with Crippen LogP contribution in [0.4, 0.5) is 26.3 Å². The van der Waals surface area contributed by atoms with E-state index in [2.05, 4.69) is 31.9 Å². The van der Waals surface area contributed by atoms with E-state index in [0.29, 0.717) is 3.57 Å². The zero-order valence-electron chi connectivity index (χ0n) is 17.8. The van der Waals surface area contributed by atoms with E-state index in [-0.39, 0.29) is 33.0 Å². The van der Waals surface area contributed by atoms with E-state index in [9.17, 15) is 26.3 Å². The van der Waals surface area contributed by atoms with Gasteiger partial charge in [-0.2, -0.15) is 0 Å². The van der Waals surface area contributed by atoms with E-state index in [1.807, 2.05) is 22.6 Å². The van der Waals surface area contributed by atoms with Gasteiger partial charge in [0.15, 0.2) is 0 Å². The van der Waals surface area contributed by atoms with E-state index >= 15 is 0 Å². The Morgan fingerprint density at radius 1 is 0.595 bits per heavy atom. The van der Waals surface area contributed by atoms with Crippen molar-refractivity contribution in [2.24, 2.45) is 0 Å². The fourth-order valence-corrected chi connectivity index (χ4v) is 3.62. The van der Waals surface area contributed by atoms with Crippen LogP contribution < -0.4 is 5.46 Å². The van der Waals surface area contributed by atoms with Gasteiger partial charge in [0.25, 0.3) is 0 Å². The summed E-state index contributed by atoms with van der Waals surface area (Å²) in [5, 5.41) is 17.0. The Balaban J connectivity index is 0.000000287. The van der Waals surface area contributed by atoms with Crippen molar-refractivity contribution in [2.45, 2.75) is 7.43 Å². The fourth-order valence-electron chi connectivity index (χ4n) is 2.62. The first kappa shape index (κ1) is 33.2. The predicted octanol–water partition coefficient (Wildman–Crippen LogP) is 8.01. The van der Waals surface area contributed by atoms with Crippen molar-refractivity contribution in [2.75, 3.05) is 0 Å². The minimum absolute atomic E-state index is 0. The molecule has 2 N–H and O–H groups in total. The maximum absolute atomic E-state index is 13.4. The van der Waals surface area contributed by atoms with Gasteiger partial charge < -0.3 is 10.0 Å². The van der Waals surface area contributed by atoms with Crippen LogP contribution >= 0.6 is 54.5 Å². The molecule has 0 aliphatic carbocycles. The second kappa shape index (κ2) is 15.5. The third-order valence-corrected chi connectivity index (χ3v) is 6.44. The lowest BCUT2D eigenvalue weighted by atomic mass is 9.80. The highest BCUT2D eigenvalue weighted by atomic mass is 127. The molecule has 0 unspecified atom stereocenters. The molecule has 4 aromatic carbocycles. The van der Waals surface area contributed by atoms with E-state index in [1.54, 1.807) is 6.07 Å². The van der Waals surface area contributed by atoms with Crippen LogP contribution in [0.25, 0.3) is 11.1 Å². The molecule has 0 fully saturated rings. The van der Waals surface area contributed by atoms with Gasteiger partial charge in [0.2, 0.25) is 0 Å². The monoisotopic (exact) mass is 760 g/mol. The first-order valence-electron chi connectivity index (χ1n) is 9.72. The highest BCUT2D eigenvalue weighted by molar-refractivity contribution is 14.1. The van der Waals surface area contributed by atoms with Gasteiger partial charge in [0.05, 0.1) is 8.95 Å². The Labute approximate surface area is 240 Å². The Kier molecular flexibility index (Phi) is 13.9. The van der Waals surface area contributed by atoms with Gasteiger partial charge in [-0.05, 0) is 96.4 Å². The molecule has 4 aromatic rings. The number of halogens is 9. The largest absolute Gasteiger partial charge is 0.491 e. The third kappa shape index (κ3) is 9.75. The van der Waals surface area contributed by atoms with Crippen LogP contribution in [-0.2, 0) is 0 Å². The molecule has 0 aromatic heterocycles. The van der Waals surface area contributed by atoms with Crippen LogP contribution in [0.15, 0.2) is 81.7 Å². The predicted molar refractivity (Wildman–Crippen MR) is 149 cm³/mol. The summed E-state index contributed by atoms with van der Waals surface area (Å²) in [5.74, 6) is -3.74. The van der Waals surface area contributed by atoms with Crippen LogP contribution in [0, 0.1) is 38.5 Å². The summed E-state index contributed by atoms with van der Waals surface area (Å²) in [6, 6.07) is 16.1. The standard InChI is InChI=1S/C12H6BrF3.C6H6BFO2.C6H2BrF2I.CH4/c13-12-10(15)5-7(6-11(12)16)8-3-1-2-4-9(8)14;8-6-4-2-1-3-5(6)7(9)10;7-6-4(8)1-3(10)2-5(6)9;/h1-6H;1-4,9-10H;1-2H;1H4. The van der Waals surface area contributed by atoms with E-state index in [4.69, 9.17) is 10.0 Å². The highest BCUT2D eigenvalue weighted by Crippen LogP contribution is 2.28. The normalized spacial score (nSPS) is 9.81. The summed E-state index contributed by atoms with van der Waals surface area (Å²) in [7, 11) is -1.72. The summed E-state index contributed by atoms with van der Waals surface area (Å²) in [6.07, 6.45) is 0. The highest BCUT2D eigenvalue weighted by Gasteiger charge is 2.14. The molecule has 4 rings (SSSR count). The molecular formula is C25H18BBr2F6IO2. The van der Waals surface area contributed by atoms with Crippen LogP contribution in [0.5, 0.6) is 0 Å². The quantitative estimate of drug-likeness (QED) is 0.0715. The molecular weight excluding hydrogens is 744 g/mol. The molecule has 0 spiro atoms. The van der Waals surface area contributed by atoms with Gasteiger partial charge in [0.1, 0.15) is 34.9 Å². The van der Waals surface area contributed by atoms with Crippen LogP contribution in [0.3, 0.4) is 0 Å². The smallest absolute Gasteiger partial charge is 0.423 e. The fraction of sp³-hybridized carbons (Fsp3) is 0.0400. The van der Waals surface area contributed by atoms with Crippen molar-refractivity contribution in [1.29, 1.82) is 0 Å². The van der Waals surface area contributed by atoms with Crippen molar-refractivity contribution in [3.8, 4) is 11.1 Å². The summed E-state index contributed by atoms with van der Waals surface area (Å²) in [5.41, 5.74) is 0.256. The number of rotatable bonds is 2. The molecule has 12 heteroatoms. The first-order chi connectivity index (χ1) is 16.9. The summed E-state index contributed by atoms with van der Waals surface area (Å²) in [4.78, 5) is 0. The van der Waals surface area contributed by atoms with Gasteiger partial charge in [0, 0.05) is 14.6 Å². The SMILES string of the molecule is C.Fc1cc(I)cc(F)c1Br.Fc1ccccc1-c1cc(F)c(Br)c(F)c1.OB(O)c1ccccc1F. The molecule has 0 aliphatic heterocycles. The molecule has 0 heterocycles. The van der Waals surface area contributed by atoms with Crippen LogP contribution in [0.1, 0.15) is 7.43 Å². The summed E-state index contributed by atoms with van der Waals surface area (Å²) >= 11 is 7.37. The summed E-state index contributed by atoms with van der Waals surface area (Å²) < 4.78 is 77.7. The second-order valence-corrected chi connectivity index (χ2v) is 9.64. The molecule has 0 amide bonds. The molecule has 196 valence electrons. The minimum Gasteiger partial charge on any atom is -0.423 e. The first-order valence-corrected chi connectivity index (χ1v) is 12.4. The maximum Gasteiger partial charge on any atom is 0.491 e. The van der Waals surface area contributed by atoms with Crippen LogP contribution in [0.2, 0.25) is 0 Å². The Morgan fingerprint density at radius 3 is 1.41 bits per heavy atom. The number of hydrogen-bond acceptors (Lipinski definition) is 2. The van der Waals surface area contributed by atoms with E-state index < -0.39 is 42.0 Å². The third-order valence-electron chi connectivity index (χ3n) is 4.30. The lowest BCUT2D eigenvalue weighted by molar-refractivity contribution is 0.423. The molecule has 0 saturated heterocycles. The Hall–Kier alpha value is -1.87. The lowest BCUT2D eigenvalue weighted by Gasteiger charge is -2.05. The average molecular weight is 762 g/mol. The molecule has 2 nitrogen and oxygen atoms in total. The van der Waals surface area contributed by atoms with Crippen molar-refractivity contribution in [3.63, 3.8) is 0 Å². The Bertz CT molecular complexity index is 1300. The zero-order chi connectivity index (χ0) is 27.0. The van der Waals surface area contributed by atoms with Crippen molar-refractivity contribution < 1.29 is 36.4 Å². The molecule has 37 heavy (non-hydrogen) atoms. The topological polar surface area (TPSA) is 40.5 Å². The molecule has 0 atom stereocenters. The number of hydrogen-bond donors (Lipinski definition) is 2. The Morgan fingerprint density at radius 2 is 1.00 bits per heavy atom. The molecule has 0 saturated carbocycles. The molecule has 0 aliphatic rings. The zero-order valence-corrected chi connectivity index (χ0v) is 23.1. The lowest BCUT2D eigenvalue weighted by Crippen LogP contribution is -2.32. The molecule has 0 radical (unpaired) electrons. The van der Waals surface area contributed by atoms with Crippen molar-refractivity contribution in [1.82, 2.24) is 0 Å². The van der Waals surface area contributed by atoms with Gasteiger partial charge in [-0.3, -0.25) is 0 Å². The van der Waals surface area contributed by atoms with E-state index in [0.717, 1.165) is 12.1 Å². The molecule has 0 bridgehead atoms. The van der Waals surface area contributed by atoms with Gasteiger partial charge in [-0.25, -0.2) is 26.3 Å². The second-order valence-electron chi connectivity index (χ2n) is 6.81. The van der Waals surface area contributed by atoms with Crippen molar-refractivity contribution >= 4 is 67.0 Å². The van der Waals surface area contributed by atoms with E-state index in [1.165, 1.54) is 54.6 Å². The van der Waals surface area contributed by atoms with Gasteiger partial charge >= 0.3 is 7.12 Å². The van der Waals surface area contributed by atoms with Gasteiger partial charge in [-0.15, -0.1) is 0 Å². The number of benzene rings is 4. The average Bonchev–Trinajstić information content (AvgIpc) is 2.82.